The van der Waals surface area contributed by atoms with Crippen LogP contribution < -0.4 is 16.4 Å². The molecule has 0 saturated carbocycles. The van der Waals surface area contributed by atoms with Crippen molar-refractivity contribution in [3.05, 3.63) is 89.5 Å². The minimum atomic E-state index is -0.657. The molecule has 0 aromatic heterocycles. The summed E-state index contributed by atoms with van der Waals surface area (Å²) in [6.07, 6.45) is 1.01. The fourth-order valence-corrected chi connectivity index (χ4v) is 3.71. The highest BCUT2D eigenvalue weighted by atomic mass is 16.2. The van der Waals surface area contributed by atoms with Crippen molar-refractivity contribution in [1.29, 1.82) is 0 Å². The number of anilines is 1. The van der Waals surface area contributed by atoms with Crippen molar-refractivity contribution in [1.82, 2.24) is 5.32 Å². The van der Waals surface area contributed by atoms with E-state index in [-0.39, 0.29) is 12.3 Å². The Kier molecular flexibility index (Phi) is 4.81. The maximum Gasteiger partial charge on any atom is 0.312 e. The first-order valence-corrected chi connectivity index (χ1v) is 9.22. The Labute approximate surface area is 163 Å². The Bertz CT molecular complexity index is 1030. The third kappa shape index (κ3) is 3.74. The summed E-state index contributed by atoms with van der Waals surface area (Å²) in [6, 6.07) is 22.5. The number of hydrogen-bond acceptors (Lipinski definition) is 2. The molecule has 0 heterocycles. The number of fused-ring (bicyclic) bond motifs is 3. The number of nitrogens with two attached hydrogens (primary N) is 1. The number of urea groups is 1. The molecule has 0 spiro atoms. The molecule has 0 bridgehead atoms. The Balaban J connectivity index is 1.50. The van der Waals surface area contributed by atoms with Crippen LogP contribution in [0.1, 0.15) is 29.2 Å². The van der Waals surface area contributed by atoms with E-state index in [0.29, 0.717) is 0 Å². The molecule has 0 radical (unpaired) electrons. The molecule has 5 heteroatoms. The van der Waals surface area contributed by atoms with Crippen LogP contribution in [0.15, 0.2) is 72.8 Å². The molecule has 0 aliphatic heterocycles. The first kappa shape index (κ1) is 17.8. The van der Waals surface area contributed by atoms with Gasteiger partial charge in [0.2, 0.25) is 5.91 Å². The summed E-state index contributed by atoms with van der Waals surface area (Å²) in [5, 5.41) is 5.59. The zero-order chi connectivity index (χ0) is 19.5. The molecule has 1 aliphatic carbocycles. The Morgan fingerprint density at radius 2 is 1.61 bits per heavy atom. The van der Waals surface area contributed by atoms with Crippen molar-refractivity contribution in [2.24, 2.45) is 5.73 Å². The highest BCUT2D eigenvalue weighted by Gasteiger charge is 2.20. The lowest BCUT2D eigenvalue weighted by atomic mass is 10.0. The molecule has 0 fully saturated rings. The van der Waals surface area contributed by atoms with Crippen LogP contribution in [0, 0.1) is 0 Å². The van der Waals surface area contributed by atoms with E-state index in [4.69, 9.17) is 5.73 Å². The van der Waals surface area contributed by atoms with Crippen LogP contribution >= 0.6 is 0 Å². The minimum absolute atomic E-state index is 0.0978. The number of benzene rings is 3. The standard InChI is InChI=1S/C23H21N3O2/c24-23(28)26-21(15-6-2-1-3-7-15)14-22(27)25-18-11-10-17-12-16-8-4-5-9-19(16)20(17)13-18/h1-11,13,21H,12,14H2,(H,25,27)(H3,24,26,28)/t21-/m0/s1. The first-order valence-electron chi connectivity index (χ1n) is 9.22. The van der Waals surface area contributed by atoms with Gasteiger partial charge in [-0.25, -0.2) is 4.79 Å². The number of nitrogens with one attached hydrogen (secondary N) is 2. The Morgan fingerprint density at radius 3 is 2.39 bits per heavy atom. The molecular formula is C23H21N3O2. The second kappa shape index (κ2) is 7.56. The van der Waals surface area contributed by atoms with Crippen LogP contribution in [0.25, 0.3) is 11.1 Å². The van der Waals surface area contributed by atoms with Crippen LogP contribution in [-0.4, -0.2) is 11.9 Å². The third-order valence-electron chi connectivity index (χ3n) is 4.99. The second-order valence-corrected chi connectivity index (χ2v) is 6.93. The smallest absolute Gasteiger partial charge is 0.312 e. The summed E-state index contributed by atoms with van der Waals surface area (Å²) in [5.74, 6) is -0.186. The molecule has 140 valence electrons. The van der Waals surface area contributed by atoms with E-state index in [9.17, 15) is 9.59 Å². The summed E-state index contributed by atoms with van der Waals surface area (Å²) in [7, 11) is 0. The predicted octanol–water partition coefficient (Wildman–Crippen LogP) is 4.00. The maximum absolute atomic E-state index is 12.6. The summed E-state index contributed by atoms with van der Waals surface area (Å²) < 4.78 is 0. The van der Waals surface area contributed by atoms with Crippen LogP contribution in [0.4, 0.5) is 10.5 Å². The molecular weight excluding hydrogens is 350 g/mol. The Morgan fingerprint density at radius 1 is 0.893 bits per heavy atom. The van der Waals surface area contributed by atoms with Crippen molar-refractivity contribution < 1.29 is 9.59 Å². The predicted molar refractivity (Wildman–Crippen MR) is 110 cm³/mol. The van der Waals surface area contributed by atoms with Gasteiger partial charge >= 0.3 is 6.03 Å². The summed E-state index contributed by atoms with van der Waals surface area (Å²) >= 11 is 0. The van der Waals surface area contributed by atoms with Gasteiger partial charge in [0.05, 0.1) is 12.5 Å². The molecule has 3 amide bonds. The number of carbonyl (C=O) groups excluding carboxylic acids is 2. The van der Waals surface area contributed by atoms with Crippen molar-refractivity contribution in [2.75, 3.05) is 5.32 Å². The van der Waals surface area contributed by atoms with Gasteiger partial charge in [0.25, 0.3) is 0 Å². The van der Waals surface area contributed by atoms with E-state index in [1.54, 1.807) is 0 Å². The van der Waals surface area contributed by atoms with E-state index in [1.807, 2.05) is 54.6 Å². The van der Waals surface area contributed by atoms with Gasteiger partial charge in [-0.05, 0) is 46.4 Å². The molecule has 0 saturated heterocycles. The number of primary amides is 1. The van der Waals surface area contributed by atoms with E-state index < -0.39 is 12.1 Å². The van der Waals surface area contributed by atoms with E-state index in [0.717, 1.165) is 23.2 Å². The average Bonchev–Trinajstić information content (AvgIpc) is 3.06. The first-order chi connectivity index (χ1) is 13.6. The van der Waals surface area contributed by atoms with E-state index in [2.05, 4.69) is 28.8 Å². The van der Waals surface area contributed by atoms with Crippen LogP contribution in [0.5, 0.6) is 0 Å². The summed E-state index contributed by atoms with van der Waals surface area (Å²) in [4.78, 5) is 24.0. The molecule has 3 aromatic carbocycles. The lowest BCUT2D eigenvalue weighted by molar-refractivity contribution is -0.116. The molecule has 4 rings (SSSR count). The van der Waals surface area contributed by atoms with E-state index >= 15 is 0 Å². The number of carbonyl (C=O) groups is 2. The minimum Gasteiger partial charge on any atom is -0.352 e. The molecule has 1 aliphatic rings. The number of amides is 3. The van der Waals surface area contributed by atoms with Crippen LogP contribution in [0.3, 0.4) is 0 Å². The zero-order valence-electron chi connectivity index (χ0n) is 15.3. The quantitative estimate of drug-likeness (QED) is 0.495. The molecule has 4 N–H and O–H groups in total. The van der Waals surface area contributed by atoms with Gasteiger partial charge in [-0.15, -0.1) is 0 Å². The maximum atomic E-state index is 12.6. The number of rotatable bonds is 5. The lowest BCUT2D eigenvalue weighted by Crippen LogP contribution is -2.35. The Hall–Kier alpha value is -3.60. The monoisotopic (exact) mass is 371 g/mol. The molecule has 28 heavy (non-hydrogen) atoms. The fourth-order valence-electron chi connectivity index (χ4n) is 3.71. The second-order valence-electron chi connectivity index (χ2n) is 6.93. The van der Waals surface area contributed by atoms with Gasteiger partial charge in [0.15, 0.2) is 0 Å². The van der Waals surface area contributed by atoms with Crippen molar-refractivity contribution >= 4 is 17.6 Å². The van der Waals surface area contributed by atoms with Crippen LogP contribution in [0.2, 0.25) is 0 Å². The van der Waals surface area contributed by atoms with Gasteiger partial charge < -0.3 is 16.4 Å². The zero-order valence-corrected chi connectivity index (χ0v) is 15.3. The largest absolute Gasteiger partial charge is 0.352 e. The molecule has 1 atom stereocenters. The SMILES string of the molecule is NC(=O)N[C@@H](CC(=O)Nc1ccc2c(c1)-c1ccccc1C2)c1ccccc1. The van der Waals surface area contributed by atoms with E-state index in [1.165, 1.54) is 16.7 Å². The molecule has 3 aromatic rings. The van der Waals surface area contributed by atoms with Crippen molar-refractivity contribution in [2.45, 2.75) is 18.9 Å². The van der Waals surface area contributed by atoms with Gasteiger partial charge in [-0.2, -0.15) is 0 Å². The summed E-state index contributed by atoms with van der Waals surface area (Å²) in [6.45, 7) is 0. The van der Waals surface area contributed by atoms with Crippen molar-refractivity contribution in [3.63, 3.8) is 0 Å². The normalized spacial score (nSPS) is 12.6. The van der Waals surface area contributed by atoms with Crippen LogP contribution in [-0.2, 0) is 11.2 Å². The fraction of sp³-hybridized carbons (Fsp3) is 0.130. The summed E-state index contributed by atoms with van der Waals surface area (Å²) in [5.41, 5.74) is 11.8. The average molecular weight is 371 g/mol. The van der Waals surface area contributed by atoms with Gasteiger partial charge in [0, 0.05) is 5.69 Å². The third-order valence-corrected chi connectivity index (χ3v) is 4.99. The highest BCUT2D eigenvalue weighted by Crippen LogP contribution is 2.37. The van der Waals surface area contributed by atoms with Gasteiger partial charge in [0.1, 0.15) is 0 Å². The van der Waals surface area contributed by atoms with Gasteiger partial charge in [-0.1, -0.05) is 60.7 Å². The molecule has 0 unspecified atom stereocenters. The highest BCUT2D eigenvalue weighted by molar-refractivity contribution is 5.93. The topological polar surface area (TPSA) is 84.2 Å². The van der Waals surface area contributed by atoms with Crippen molar-refractivity contribution in [3.8, 4) is 11.1 Å². The molecule has 5 nitrogen and oxygen atoms in total. The lowest BCUT2D eigenvalue weighted by Gasteiger charge is -2.18. The van der Waals surface area contributed by atoms with Gasteiger partial charge in [-0.3, -0.25) is 4.79 Å². The number of hydrogen-bond donors (Lipinski definition) is 3.